The van der Waals surface area contributed by atoms with Crippen molar-refractivity contribution in [2.45, 2.75) is 40.0 Å². The first kappa shape index (κ1) is 17.2. The van der Waals surface area contributed by atoms with Crippen molar-refractivity contribution in [3.05, 3.63) is 41.0 Å². The van der Waals surface area contributed by atoms with Crippen LogP contribution in [0.5, 0.6) is 0 Å². The number of amides is 1. The number of rotatable bonds is 6. The van der Waals surface area contributed by atoms with Gasteiger partial charge in [0.05, 0.1) is 0 Å². The van der Waals surface area contributed by atoms with Crippen LogP contribution in [0.3, 0.4) is 0 Å². The quantitative estimate of drug-likeness (QED) is 0.726. The fourth-order valence-corrected chi connectivity index (χ4v) is 3.31. The third kappa shape index (κ3) is 4.48. The molecule has 2 aromatic heterocycles. The Morgan fingerprint density at radius 3 is 2.80 bits per heavy atom. The van der Waals surface area contributed by atoms with Crippen molar-refractivity contribution in [1.82, 2.24) is 20.3 Å². The van der Waals surface area contributed by atoms with Crippen LogP contribution in [0.4, 0.5) is 5.13 Å². The molecule has 3 aromatic rings. The first-order valence-electron chi connectivity index (χ1n) is 8.01. The number of anilines is 1. The Hall–Kier alpha value is -2.61. The maximum absolute atomic E-state index is 12.0. The van der Waals surface area contributed by atoms with Crippen LogP contribution in [0, 0.1) is 20.8 Å². The molecule has 1 N–H and O–H groups in total. The molecule has 0 aliphatic carbocycles. The average Bonchev–Trinajstić information content (AvgIpc) is 3.16. The highest BCUT2D eigenvalue weighted by molar-refractivity contribution is 7.18. The van der Waals surface area contributed by atoms with Gasteiger partial charge in [-0.1, -0.05) is 40.3 Å². The van der Waals surface area contributed by atoms with Crippen molar-refractivity contribution in [2.24, 2.45) is 0 Å². The van der Waals surface area contributed by atoms with Crippen LogP contribution >= 0.6 is 11.3 Å². The standard InChI is InChI=1S/C17H19N5O2S/c1-10-7-8-13(11(2)9-10)16-20-21-17(25-16)19-14(23)5-4-6-15-18-12(3)22-24-15/h7-9H,4-6H2,1-3H3,(H,19,21,23). The molecule has 8 heteroatoms. The van der Waals surface area contributed by atoms with Gasteiger partial charge in [0.25, 0.3) is 0 Å². The van der Waals surface area contributed by atoms with E-state index in [4.69, 9.17) is 4.52 Å². The number of carbonyl (C=O) groups excluding carboxylic acids is 1. The second-order valence-corrected chi connectivity index (χ2v) is 6.85. The van der Waals surface area contributed by atoms with E-state index in [0.717, 1.165) is 16.1 Å². The Kier molecular flexibility index (Phi) is 5.18. The minimum atomic E-state index is -0.0976. The highest BCUT2D eigenvalue weighted by Gasteiger charge is 2.12. The largest absolute Gasteiger partial charge is 0.339 e. The number of nitrogens with one attached hydrogen (secondary N) is 1. The molecular formula is C17H19N5O2S. The molecule has 7 nitrogen and oxygen atoms in total. The third-order valence-electron chi connectivity index (χ3n) is 3.65. The van der Waals surface area contributed by atoms with E-state index in [0.29, 0.717) is 36.1 Å². The van der Waals surface area contributed by atoms with Crippen molar-refractivity contribution < 1.29 is 9.32 Å². The normalized spacial score (nSPS) is 10.8. The average molecular weight is 357 g/mol. The molecule has 3 rings (SSSR count). The smallest absolute Gasteiger partial charge is 0.226 e. The van der Waals surface area contributed by atoms with Gasteiger partial charge in [0.2, 0.25) is 16.9 Å². The van der Waals surface area contributed by atoms with Gasteiger partial charge in [0.15, 0.2) is 5.82 Å². The van der Waals surface area contributed by atoms with E-state index in [1.54, 1.807) is 6.92 Å². The lowest BCUT2D eigenvalue weighted by Gasteiger charge is -2.02. The first-order chi connectivity index (χ1) is 12.0. The summed E-state index contributed by atoms with van der Waals surface area (Å²) in [5, 5.41) is 16.1. The third-order valence-corrected chi connectivity index (χ3v) is 4.52. The highest BCUT2D eigenvalue weighted by Crippen LogP contribution is 2.29. The lowest BCUT2D eigenvalue weighted by atomic mass is 10.1. The number of hydrogen-bond donors (Lipinski definition) is 1. The van der Waals surface area contributed by atoms with Crippen molar-refractivity contribution in [3.63, 3.8) is 0 Å². The predicted molar refractivity (Wildman–Crippen MR) is 95.4 cm³/mol. The fourth-order valence-electron chi connectivity index (χ4n) is 2.46. The number of aromatic nitrogens is 4. The summed E-state index contributed by atoms with van der Waals surface area (Å²) in [5.74, 6) is 1.06. The van der Waals surface area contributed by atoms with Crippen molar-refractivity contribution in [2.75, 3.05) is 5.32 Å². The lowest BCUT2D eigenvalue weighted by Crippen LogP contribution is -2.11. The summed E-state index contributed by atoms with van der Waals surface area (Å²) in [5.41, 5.74) is 3.38. The molecular weight excluding hydrogens is 338 g/mol. The van der Waals surface area contributed by atoms with Crippen LogP contribution in [0.1, 0.15) is 35.7 Å². The summed E-state index contributed by atoms with van der Waals surface area (Å²) >= 11 is 1.37. The Bertz CT molecular complexity index is 887. The van der Waals surface area contributed by atoms with E-state index in [1.807, 2.05) is 19.1 Å². The van der Waals surface area contributed by atoms with Gasteiger partial charge in [0.1, 0.15) is 5.01 Å². The molecule has 0 unspecified atom stereocenters. The molecule has 0 aliphatic rings. The van der Waals surface area contributed by atoms with E-state index in [-0.39, 0.29) is 5.91 Å². The van der Waals surface area contributed by atoms with Gasteiger partial charge in [0, 0.05) is 18.4 Å². The monoisotopic (exact) mass is 357 g/mol. The molecule has 0 fully saturated rings. The Morgan fingerprint density at radius 2 is 2.08 bits per heavy atom. The summed E-state index contributed by atoms with van der Waals surface area (Å²) in [6, 6.07) is 6.18. The van der Waals surface area contributed by atoms with Crippen LogP contribution in [0.15, 0.2) is 22.7 Å². The van der Waals surface area contributed by atoms with E-state index in [2.05, 4.69) is 38.6 Å². The van der Waals surface area contributed by atoms with Gasteiger partial charge in [-0.25, -0.2) is 0 Å². The molecule has 25 heavy (non-hydrogen) atoms. The van der Waals surface area contributed by atoms with Gasteiger partial charge >= 0.3 is 0 Å². The first-order valence-corrected chi connectivity index (χ1v) is 8.83. The molecule has 0 spiro atoms. The molecule has 0 bridgehead atoms. The summed E-state index contributed by atoms with van der Waals surface area (Å²) in [6.45, 7) is 5.86. The lowest BCUT2D eigenvalue weighted by molar-refractivity contribution is -0.116. The van der Waals surface area contributed by atoms with E-state index in [1.165, 1.54) is 16.9 Å². The maximum Gasteiger partial charge on any atom is 0.226 e. The van der Waals surface area contributed by atoms with Gasteiger partial charge in [-0.3, -0.25) is 4.79 Å². The molecule has 0 radical (unpaired) electrons. The SMILES string of the molecule is Cc1ccc(-c2nnc(NC(=O)CCCc3nc(C)no3)s2)c(C)c1. The molecule has 0 saturated heterocycles. The number of nitrogens with zero attached hydrogens (tertiary/aromatic N) is 4. The molecule has 130 valence electrons. The van der Waals surface area contributed by atoms with Gasteiger partial charge < -0.3 is 9.84 Å². The molecule has 0 aliphatic heterocycles. The van der Waals surface area contributed by atoms with Crippen LogP contribution in [0.2, 0.25) is 0 Å². The second kappa shape index (κ2) is 7.52. The molecule has 2 heterocycles. The topological polar surface area (TPSA) is 93.8 Å². The van der Waals surface area contributed by atoms with Crippen LogP contribution in [-0.2, 0) is 11.2 Å². The van der Waals surface area contributed by atoms with Crippen LogP contribution in [-0.4, -0.2) is 26.2 Å². The summed E-state index contributed by atoms with van der Waals surface area (Å²) in [6.07, 6.45) is 1.58. The Balaban J connectivity index is 1.54. The molecule has 1 aromatic carbocycles. The highest BCUT2D eigenvalue weighted by atomic mass is 32.1. The minimum Gasteiger partial charge on any atom is -0.339 e. The van der Waals surface area contributed by atoms with Gasteiger partial charge in [-0.2, -0.15) is 4.98 Å². The van der Waals surface area contributed by atoms with Crippen molar-refractivity contribution in [3.8, 4) is 10.6 Å². The zero-order valence-corrected chi connectivity index (χ0v) is 15.2. The van der Waals surface area contributed by atoms with E-state index < -0.39 is 0 Å². The Labute approximate surface area is 149 Å². The number of aryl methyl sites for hydroxylation is 4. The van der Waals surface area contributed by atoms with Crippen molar-refractivity contribution in [1.29, 1.82) is 0 Å². The van der Waals surface area contributed by atoms with Gasteiger partial charge in [-0.05, 0) is 32.8 Å². The molecule has 0 atom stereocenters. The number of benzene rings is 1. The zero-order chi connectivity index (χ0) is 17.8. The second-order valence-electron chi connectivity index (χ2n) is 5.87. The van der Waals surface area contributed by atoms with E-state index >= 15 is 0 Å². The molecule has 1 amide bonds. The maximum atomic E-state index is 12.0. The van der Waals surface area contributed by atoms with Crippen LogP contribution < -0.4 is 5.32 Å². The van der Waals surface area contributed by atoms with Crippen LogP contribution in [0.25, 0.3) is 10.6 Å². The zero-order valence-electron chi connectivity index (χ0n) is 14.4. The fraction of sp³-hybridized carbons (Fsp3) is 0.353. The van der Waals surface area contributed by atoms with Crippen molar-refractivity contribution >= 4 is 22.4 Å². The van der Waals surface area contributed by atoms with Gasteiger partial charge in [-0.15, -0.1) is 10.2 Å². The number of carbonyl (C=O) groups is 1. The summed E-state index contributed by atoms with van der Waals surface area (Å²) in [7, 11) is 0. The summed E-state index contributed by atoms with van der Waals surface area (Å²) in [4.78, 5) is 16.1. The Morgan fingerprint density at radius 1 is 1.24 bits per heavy atom. The summed E-state index contributed by atoms with van der Waals surface area (Å²) < 4.78 is 5.02. The minimum absolute atomic E-state index is 0.0976. The molecule has 0 saturated carbocycles. The predicted octanol–water partition coefficient (Wildman–Crippen LogP) is 3.47. The number of hydrogen-bond acceptors (Lipinski definition) is 7. The van der Waals surface area contributed by atoms with E-state index in [9.17, 15) is 4.79 Å².